The molecule has 0 N–H and O–H groups in total. The topological polar surface area (TPSA) is 17.1 Å². The van der Waals surface area contributed by atoms with Gasteiger partial charge in [0.05, 0.1) is 0 Å². The van der Waals surface area contributed by atoms with Gasteiger partial charge in [0.25, 0.3) is 0 Å². The fourth-order valence-corrected chi connectivity index (χ4v) is 2.69. The van der Waals surface area contributed by atoms with E-state index in [1.807, 2.05) is 11.8 Å². The summed E-state index contributed by atoms with van der Waals surface area (Å²) in [5, 5.41) is 0.666. The van der Waals surface area contributed by atoms with E-state index in [0.29, 0.717) is 22.9 Å². The van der Waals surface area contributed by atoms with E-state index in [9.17, 15) is 4.79 Å². The predicted molar refractivity (Wildman–Crippen MR) is 70.4 cm³/mol. The molecule has 0 aliphatic heterocycles. The highest BCUT2D eigenvalue weighted by molar-refractivity contribution is 7.99. The molecule has 0 saturated heterocycles. The van der Waals surface area contributed by atoms with Gasteiger partial charge in [-0.05, 0) is 36.2 Å². The van der Waals surface area contributed by atoms with E-state index in [1.165, 1.54) is 0 Å². The van der Waals surface area contributed by atoms with Crippen LogP contribution in [0.15, 0.2) is 0 Å². The molecule has 0 aromatic carbocycles. The van der Waals surface area contributed by atoms with Crippen LogP contribution in [-0.4, -0.2) is 16.8 Å². The normalized spacial score (nSPS) is 15.7. The third kappa shape index (κ3) is 6.99. The first-order valence-corrected chi connectivity index (χ1v) is 7.01. The molecule has 0 aliphatic carbocycles. The Bertz CT molecular complexity index is 187. The van der Waals surface area contributed by atoms with Gasteiger partial charge in [0.2, 0.25) is 0 Å². The van der Waals surface area contributed by atoms with Crippen LogP contribution in [0, 0.1) is 17.8 Å². The molecule has 90 valence electrons. The Labute approximate surface area is 99.4 Å². The summed E-state index contributed by atoms with van der Waals surface area (Å²) in [4.78, 5) is 11.6. The molecule has 0 aromatic rings. The van der Waals surface area contributed by atoms with Crippen molar-refractivity contribution in [1.29, 1.82) is 0 Å². The van der Waals surface area contributed by atoms with Crippen molar-refractivity contribution in [3.8, 4) is 0 Å². The number of rotatable bonds is 7. The maximum Gasteiger partial charge on any atom is 0.133 e. The Hall–Kier alpha value is 0.0200. The largest absolute Gasteiger partial charge is 0.300 e. The lowest BCUT2D eigenvalue weighted by Crippen LogP contribution is -2.23. The van der Waals surface area contributed by atoms with Crippen LogP contribution in [0.1, 0.15) is 48.0 Å². The van der Waals surface area contributed by atoms with Crippen molar-refractivity contribution >= 4 is 17.5 Å². The highest BCUT2D eigenvalue weighted by Crippen LogP contribution is 2.26. The van der Waals surface area contributed by atoms with Crippen LogP contribution in [-0.2, 0) is 4.79 Å². The number of hydrogen-bond donors (Lipinski definition) is 0. The predicted octanol–water partition coefficient (Wildman–Crippen LogP) is 4.02. The zero-order chi connectivity index (χ0) is 12.0. The average Bonchev–Trinajstić information content (AvgIpc) is 2.09. The summed E-state index contributed by atoms with van der Waals surface area (Å²) in [5.74, 6) is 2.86. The van der Waals surface area contributed by atoms with Crippen molar-refractivity contribution in [2.75, 3.05) is 5.75 Å². The van der Waals surface area contributed by atoms with Gasteiger partial charge in [-0.2, -0.15) is 11.8 Å². The zero-order valence-corrected chi connectivity index (χ0v) is 11.9. The van der Waals surface area contributed by atoms with E-state index in [0.717, 1.165) is 12.2 Å². The van der Waals surface area contributed by atoms with Crippen molar-refractivity contribution in [1.82, 2.24) is 0 Å². The quantitative estimate of drug-likeness (QED) is 0.657. The van der Waals surface area contributed by atoms with Crippen LogP contribution < -0.4 is 0 Å². The third-order valence-electron chi connectivity index (χ3n) is 2.63. The molecule has 2 heteroatoms. The van der Waals surface area contributed by atoms with Gasteiger partial charge in [-0.25, -0.2) is 0 Å². The first-order valence-electron chi connectivity index (χ1n) is 5.96. The van der Waals surface area contributed by atoms with Gasteiger partial charge >= 0.3 is 0 Å². The fraction of sp³-hybridized carbons (Fsp3) is 0.923. The Morgan fingerprint density at radius 2 is 1.67 bits per heavy atom. The van der Waals surface area contributed by atoms with Gasteiger partial charge in [0.1, 0.15) is 5.78 Å². The highest BCUT2D eigenvalue weighted by atomic mass is 32.2. The van der Waals surface area contributed by atoms with Gasteiger partial charge in [0.15, 0.2) is 0 Å². The number of hydrogen-bond acceptors (Lipinski definition) is 2. The highest BCUT2D eigenvalue weighted by Gasteiger charge is 2.22. The summed E-state index contributed by atoms with van der Waals surface area (Å²) in [6.45, 7) is 12.8. The van der Waals surface area contributed by atoms with Crippen LogP contribution >= 0.6 is 11.8 Å². The lowest BCUT2D eigenvalue weighted by Gasteiger charge is -2.23. The summed E-state index contributed by atoms with van der Waals surface area (Å²) in [5.41, 5.74) is 0. The van der Waals surface area contributed by atoms with Crippen molar-refractivity contribution in [3.05, 3.63) is 0 Å². The Balaban J connectivity index is 4.16. The maximum absolute atomic E-state index is 11.6. The summed E-state index contributed by atoms with van der Waals surface area (Å²) in [6.07, 6.45) is 1.04. The van der Waals surface area contributed by atoms with Crippen LogP contribution in [0.4, 0.5) is 0 Å². The maximum atomic E-state index is 11.6. The number of thioether (sulfide) groups is 1. The van der Waals surface area contributed by atoms with Crippen molar-refractivity contribution in [2.24, 2.45) is 17.8 Å². The first kappa shape index (κ1) is 15.0. The van der Waals surface area contributed by atoms with Gasteiger partial charge in [-0.3, -0.25) is 4.79 Å². The molecule has 1 nitrogen and oxygen atoms in total. The molecule has 2 atom stereocenters. The minimum Gasteiger partial charge on any atom is -0.300 e. The van der Waals surface area contributed by atoms with Crippen molar-refractivity contribution in [3.63, 3.8) is 0 Å². The second kappa shape index (κ2) is 7.32. The van der Waals surface area contributed by atoms with Crippen molar-refractivity contribution in [2.45, 2.75) is 53.2 Å². The van der Waals surface area contributed by atoms with E-state index in [4.69, 9.17) is 0 Å². The van der Waals surface area contributed by atoms with E-state index in [2.05, 4.69) is 34.6 Å². The second-order valence-corrected chi connectivity index (χ2v) is 6.82. The molecule has 0 bridgehead atoms. The molecule has 0 rings (SSSR count). The molecule has 0 heterocycles. The van der Waals surface area contributed by atoms with Crippen LogP contribution in [0.3, 0.4) is 0 Å². The standard InChI is InChI=1S/C13H26OS/c1-9(2)7-13(12(6)14)11(5)8-15-10(3)4/h9-11,13H,7-8H2,1-6H3. The Morgan fingerprint density at radius 3 is 2.00 bits per heavy atom. The van der Waals surface area contributed by atoms with Crippen molar-refractivity contribution < 1.29 is 4.79 Å². The smallest absolute Gasteiger partial charge is 0.133 e. The molecular weight excluding hydrogens is 204 g/mol. The van der Waals surface area contributed by atoms with Crippen LogP contribution in [0.2, 0.25) is 0 Å². The average molecular weight is 230 g/mol. The summed E-state index contributed by atoms with van der Waals surface area (Å²) >= 11 is 1.96. The van der Waals surface area contributed by atoms with Gasteiger partial charge in [-0.1, -0.05) is 34.6 Å². The lowest BCUT2D eigenvalue weighted by molar-refractivity contribution is -0.122. The van der Waals surface area contributed by atoms with Gasteiger partial charge in [-0.15, -0.1) is 0 Å². The number of ketones is 1. The minimum absolute atomic E-state index is 0.260. The summed E-state index contributed by atoms with van der Waals surface area (Å²) in [6, 6.07) is 0. The summed E-state index contributed by atoms with van der Waals surface area (Å²) < 4.78 is 0. The van der Waals surface area contributed by atoms with E-state index in [1.54, 1.807) is 6.92 Å². The molecule has 0 fully saturated rings. The SMILES string of the molecule is CC(=O)C(CC(C)C)C(C)CSC(C)C. The molecule has 0 spiro atoms. The Morgan fingerprint density at radius 1 is 1.13 bits per heavy atom. The molecule has 2 unspecified atom stereocenters. The van der Waals surface area contributed by atoms with Gasteiger partial charge in [0, 0.05) is 5.92 Å². The second-order valence-electron chi connectivity index (χ2n) is 5.21. The number of Topliss-reactive ketones (excluding diaryl/α,β-unsaturated/α-hetero) is 1. The molecule has 0 saturated carbocycles. The minimum atomic E-state index is 0.260. The molecule has 0 aromatic heterocycles. The van der Waals surface area contributed by atoms with Crippen LogP contribution in [0.25, 0.3) is 0 Å². The molecule has 15 heavy (non-hydrogen) atoms. The Kier molecular flexibility index (Phi) is 7.33. The molecule has 0 aliphatic rings. The van der Waals surface area contributed by atoms with E-state index < -0.39 is 0 Å². The monoisotopic (exact) mass is 230 g/mol. The number of carbonyl (C=O) groups is 1. The summed E-state index contributed by atoms with van der Waals surface area (Å²) in [7, 11) is 0. The lowest BCUT2D eigenvalue weighted by atomic mass is 9.85. The van der Waals surface area contributed by atoms with Crippen LogP contribution in [0.5, 0.6) is 0 Å². The third-order valence-corrected chi connectivity index (χ3v) is 4.01. The van der Waals surface area contributed by atoms with Gasteiger partial charge < -0.3 is 0 Å². The first-order chi connectivity index (χ1) is 6.84. The fourth-order valence-electron chi connectivity index (χ4n) is 1.77. The zero-order valence-electron chi connectivity index (χ0n) is 11.0. The van der Waals surface area contributed by atoms with E-state index >= 15 is 0 Å². The number of carbonyl (C=O) groups excluding carboxylic acids is 1. The molecule has 0 amide bonds. The molecular formula is C13H26OS. The molecule has 0 radical (unpaired) electrons. The van der Waals surface area contributed by atoms with E-state index in [-0.39, 0.29) is 5.92 Å².